The van der Waals surface area contributed by atoms with Crippen molar-refractivity contribution in [2.75, 3.05) is 0 Å². The molecule has 13 rings (SSSR count). The highest BCUT2D eigenvalue weighted by Gasteiger charge is 2.26. The second-order valence-corrected chi connectivity index (χ2v) is 17.2. The lowest BCUT2D eigenvalue weighted by Gasteiger charge is -2.14. The van der Waals surface area contributed by atoms with Crippen molar-refractivity contribution in [1.29, 1.82) is 0 Å². The van der Waals surface area contributed by atoms with Crippen LogP contribution in [0.25, 0.3) is 123 Å². The number of hydrogen-bond donors (Lipinski definition) is 0. The predicted molar refractivity (Wildman–Crippen MR) is 281 cm³/mol. The zero-order valence-electron chi connectivity index (χ0n) is 36.9. The van der Waals surface area contributed by atoms with Crippen molar-refractivity contribution < 1.29 is 0 Å². The van der Waals surface area contributed by atoms with E-state index in [1.54, 1.807) is 0 Å². The molecule has 0 spiro atoms. The summed E-state index contributed by atoms with van der Waals surface area (Å²) in [6.45, 7) is 0. The summed E-state index contributed by atoms with van der Waals surface area (Å²) in [5.74, 6) is 1.74. The SMILES string of the molecule is c1ccc(-c2ccc(-c3cccc(-c4nc(-c5ccccc5)nc(-n5c6ccccc6c6c5cc(-c5ccc(-c7ccccc7)cc5)c5c7ccccc7n(-c7ccccc7)c56)n4)c3)cc2)cc1. The fourth-order valence-electron chi connectivity index (χ4n) is 10.00. The second kappa shape index (κ2) is 16.4. The Morgan fingerprint density at radius 3 is 1.29 bits per heavy atom. The minimum atomic E-state index is 0.546. The monoisotopic (exact) mass is 867 g/mol. The standard InChI is InChI=1S/C63H41N5/c1-5-18-42(19-6-1)44-32-34-46(35-33-44)49-24-17-25-50(40-49)62-64-61(48-22-9-3-10-23-48)65-63(66-62)68-56-31-16-14-29-53(56)59-57(68)41-54(47-38-36-45(37-39-47)43-20-7-2-8-21-43)58-52-28-13-15-30-55(52)67(60(58)59)51-26-11-4-12-27-51/h1-41H. The molecule has 13 aromatic rings. The lowest BCUT2D eigenvalue weighted by molar-refractivity contribution is 0.953. The van der Waals surface area contributed by atoms with Crippen LogP contribution >= 0.6 is 0 Å². The quantitative estimate of drug-likeness (QED) is 0.153. The molecule has 0 amide bonds. The van der Waals surface area contributed by atoms with Crippen LogP contribution in [0.2, 0.25) is 0 Å². The van der Waals surface area contributed by atoms with Crippen molar-refractivity contribution in [3.05, 3.63) is 249 Å². The van der Waals surface area contributed by atoms with Gasteiger partial charge in [0.15, 0.2) is 11.6 Å². The minimum Gasteiger partial charge on any atom is -0.309 e. The number of aromatic nitrogens is 5. The molecule has 0 radical (unpaired) electrons. The number of benzene rings is 10. The van der Waals surface area contributed by atoms with Gasteiger partial charge in [0.05, 0.1) is 22.1 Å². The first kappa shape index (κ1) is 39.2. The van der Waals surface area contributed by atoms with Gasteiger partial charge in [-0.3, -0.25) is 4.57 Å². The molecule has 5 heteroatoms. The van der Waals surface area contributed by atoms with E-state index in [2.05, 4.69) is 234 Å². The summed E-state index contributed by atoms with van der Waals surface area (Å²) in [5, 5.41) is 4.63. The molecule has 0 aliphatic heterocycles. The molecule has 68 heavy (non-hydrogen) atoms. The Kier molecular flexibility index (Phi) is 9.43. The highest BCUT2D eigenvalue weighted by molar-refractivity contribution is 6.29. The number of fused-ring (bicyclic) bond motifs is 7. The van der Waals surface area contributed by atoms with Crippen LogP contribution in [-0.4, -0.2) is 24.1 Å². The van der Waals surface area contributed by atoms with Crippen LogP contribution in [0.4, 0.5) is 0 Å². The maximum absolute atomic E-state index is 5.45. The molecule has 0 N–H and O–H groups in total. The number of hydrogen-bond acceptors (Lipinski definition) is 3. The van der Waals surface area contributed by atoms with E-state index < -0.39 is 0 Å². The van der Waals surface area contributed by atoms with Crippen LogP contribution in [-0.2, 0) is 0 Å². The van der Waals surface area contributed by atoms with Crippen LogP contribution in [0.15, 0.2) is 249 Å². The summed E-state index contributed by atoms with van der Waals surface area (Å²) in [5.41, 5.74) is 16.4. The average molecular weight is 868 g/mol. The highest BCUT2D eigenvalue weighted by Crippen LogP contribution is 2.46. The number of nitrogens with zero attached hydrogens (tertiary/aromatic N) is 5. The Bertz CT molecular complexity index is 3970. The molecule has 5 nitrogen and oxygen atoms in total. The summed E-state index contributed by atoms with van der Waals surface area (Å²) in [6, 6.07) is 88.2. The van der Waals surface area contributed by atoms with E-state index in [9.17, 15) is 0 Å². The largest absolute Gasteiger partial charge is 0.309 e. The van der Waals surface area contributed by atoms with Gasteiger partial charge in [0.2, 0.25) is 5.95 Å². The number of para-hydroxylation sites is 3. The fraction of sp³-hybridized carbons (Fsp3) is 0. The zero-order chi connectivity index (χ0) is 45.0. The van der Waals surface area contributed by atoms with E-state index in [1.165, 1.54) is 33.0 Å². The van der Waals surface area contributed by atoms with Crippen LogP contribution in [0, 0.1) is 0 Å². The van der Waals surface area contributed by atoms with Gasteiger partial charge in [0.25, 0.3) is 0 Å². The Labute approximate surface area is 393 Å². The molecule has 0 saturated heterocycles. The Morgan fingerprint density at radius 2 is 0.691 bits per heavy atom. The second-order valence-electron chi connectivity index (χ2n) is 17.2. The first-order valence-corrected chi connectivity index (χ1v) is 23.0. The molecule has 10 aromatic carbocycles. The molecule has 0 saturated carbocycles. The maximum Gasteiger partial charge on any atom is 0.238 e. The Balaban J connectivity index is 1.08. The van der Waals surface area contributed by atoms with Crippen LogP contribution in [0.5, 0.6) is 0 Å². The normalized spacial score (nSPS) is 11.5. The van der Waals surface area contributed by atoms with Gasteiger partial charge in [-0.2, -0.15) is 9.97 Å². The van der Waals surface area contributed by atoms with Gasteiger partial charge in [0, 0.05) is 38.4 Å². The maximum atomic E-state index is 5.45. The van der Waals surface area contributed by atoms with Crippen molar-refractivity contribution >= 4 is 43.6 Å². The van der Waals surface area contributed by atoms with Gasteiger partial charge in [0.1, 0.15) is 0 Å². The van der Waals surface area contributed by atoms with Crippen LogP contribution < -0.4 is 0 Å². The van der Waals surface area contributed by atoms with E-state index in [-0.39, 0.29) is 0 Å². The van der Waals surface area contributed by atoms with Crippen LogP contribution in [0.1, 0.15) is 0 Å². The average Bonchev–Trinajstić information content (AvgIpc) is 3.95. The van der Waals surface area contributed by atoms with Gasteiger partial charge in [-0.05, 0) is 80.9 Å². The van der Waals surface area contributed by atoms with E-state index in [4.69, 9.17) is 15.0 Å². The predicted octanol–water partition coefficient (Wildman–Crippen LogP) is 16.1. The first-order valence-electron chi connectivity index (χ1n) is 23.0. The molecule has 0 aliphatic carbocycles. The molecule has 318 valence electrons. The summed E-state index contributed by atoms with van der Waals surface area (Å²) >= 11 is 0. The van der Waals surface area contributed by atoms with Crippen molar-refractivity contribution in [1.82, 2.24) is 24.1 Å². The van der Waals surface area contributed by atoms with Gasteiger partial charge >= 0.3 is 0 Å². The summed E-state index contributed by atoms with van der Waals surface area (Å²) in [7, 11) is 0. The molecule has 0 bridgehead atoms. The first-order chi connectivity index (χ1) is 33.7. The Hall–Kier alpha value is -9.19. The minimum absolute atomic E-state index is 0.546. The lowest BCUT2D eigenvalue weighted by atomic mass is 9.95. The molecule has 0 unspecified atom stereocenters. The zero-order valence-corrected chi connectivity index (χ0v) is 36.9. The van der Waals surface area contributed by atoms with Gasteiger partial charge in [-0.25, -0.2) is 4.98 Å². The fourth-order valence-corrected chi connectivity index (χ4v) is 10.00. The molecule has 0 fully saturated rings. The van der Waals surface area contributed by atoms with Gasteiger partial charge < -0.3 is 4.57 Å². The van der Waals surface area contributed by atoms with Crippen LogP contribution in [0.3, 0.4) is 0 Å². The highest BCUT2D eigenvalue weighted by atomic mass is 15.2. The Morgan fingerprint density at radius 1 is 0.265 bits per heavy atom. The molecule has 0 atom stereocenters. The van der Waals surface area contributed by atoms with E-state index in [1.807, 2.05) is 24.3 Å². The molecular weight excluding hydrogens is 827 g/mol. The molecule has 3 heterocycles. The van der Waals surface area contributed by atoms with Gasteiger partial charge in [-0.15, -0.1) is 0 Å². The van der Waals surface area contributed by atoms with E-state index >= 15 is 0 Å². The third kappa shape index (κ3) is 6.68. The molecule has 0 aliphatic rings. The van der Waals surface area contributed by atoms with Gasteiger partial charge in [-0.1, -0.05) is 212 Å². The third-order valence-corrected chi connectivity index (χ3v) is 13.2. The summed E-state index contributed by atoms with van der Waals surface area (Å²) < 4.78 is 4.69. The summed E-state index contributed by atoms with van der Waals surface area (Å²) in [6.07, 6.45) is 0. The number of rotatable bonds is 8. The third-order valence-electron chi connectivity index (χ3n) is 13.2. The van der Waals surface area contributed by atoms with Crippen molar-refractivity contribution in [2.24, 2.45) is 0 Å². The lowest BCUT2D eigenvalue weighted by Crippen LogP contribution is -2.06. The van der Waals surface area contributed by atoms with Crippen molar-refractivity contribution in [2.45, 2.75) is 0 Å². The topological polar surface area (TPSA) is 48.5 Å². The van der Waals surface area contributed by atoms with Crippen molar-refractivity contribution in [3.8, 4) is 78.9 Å². The smallest absolute Gasteiger partial charge is 0.238 e. The molecular formula is C63H41N5. The summed E-state index contributed by atoms with van der Waals surface area (Å²) in [4.78, 5) is 16.0. The van der Waals surface area contributed by atoms with E-state index in [0.29, 0.717) is 17.6 Å². The van der Waals surface area contributed by atoms with Crippen molar-refractivity contribution in [3.63, 3.8) is 0 Å². The molecule has 3 aromatic heterocycles. The van der Waals surface area contributed by atoms with E-state index in [0.717, 1.165) is 71.9 Å².